The second-order valence-corrected chi connectivity index (χ2v) is 12.1. The largest absolute Gasteiger partial charge is 0.392 e. The van der Waals surface area contributed by atoms with Crippen molar-refractivity contribution in [2.24, 2.45) is 5.16 Å². The Morgan fingerprint density at radius 1 is 1.11 bits per heavy atom. The number of ether oxygens (including phenoxy) is 1. The topological polar surface area (TPSA) is 146 Å². The molecule has 1 amide bonds. The standard InChI is InChI=1S/C24H27N5O5S2/c1-2-33-15-5-6-16(13-15)34-29-21(14-3-7-17(8-4-14)36(31,32)18-9-10-18)22(30)28-24-26-19-11-12-20(25)27-23(19)35-24/h3-4,7-8,11-12,15-16,18H,2,5-6,9-10,13H2,1H3,(H2,25,27)(H,26,28,30)/b29-21+/t15-,16-/m1/s1. The zero-order chi connectivity index (χ0) is 25.3. The molecule has 12 heteroatoms. The number of benzene rings is 1. The minimum atomic E-state index is -3.34. The fraction of sp³-hybridized carbons (Fsp3) is 0.417. The van der Waals surface area contributed by atoms with Gasteiger partial charge in [0.1, 0.15) is 22.3 Å². The molecule has 5 rings (SSSR count). The highest BCUT2D eigenvalue weighted by molar-refractivity contribution is 7.92. The maximum Gasteiger partial charge on any atom is 0.280 e. The molecule has 1 aromatic carbocycles. The third-order valence-corrected chi connectivity index (χ3v) is 9.32. The highest BCUT2D eigenvalue weighted by Crippen LogP contribution is 2.33. The molecule has 0 radical (unpaired) electrons. The monoisotopic (exact) mass is 529 g/mol. The number of oxime groups is 1. The lowest BCUT2D eigenvalue weighted by molar-refractivity contribution is -0.110. The van der Waals surface area contributed by atoms with E-state index in [1.807, 2.05) is 6.92 Å². The summed E-state index contributed by atoms with van der Waals surface area (Å²) in [4.78, 5) is 28.5. The summed E-state index contributed by atoms with van der Waals surface area (Å²) in [7, 11) is -3.34. The van der Waals surface area contributed by atoms with Crippen molar-refractivity contribution < 1.29 is 22.8 Å². The van der Waals surface area contributed by atoms with E-state index in [9.17, 15) is 13.2 Å². The number of anilines is 2. The quantitative estimate of drug-likeness (QED) is 0.316. The van der Waals surface area contributed by atoms with E-state index in [-0.39, 0.29) is 28.1 Å². The molecule has 0 saturated heterocycles. The van der Waals surface area contributed by atoms with Crippen molar-refractivity contribution in [3.05, 3.63) is 42.0 Å². The molecule has 10 nitrogen and oxygen atoms in total. The fourth-order valence-electron chi connectivity index (χ4n) is 4.15. The molecule has 3 N–H and O–H groups in total. The van der Waals surface area contributed by atoms with Crippen LogP contribution in [-0.4, -0.2) is 54.1 Å². The Labute approximate surface area is 212 Å². The highest BCUT2D eigenvalue weighted by Gasteiger charge is 2.37. The van der Waals surface area contributed by atoms with Gasteiger partial charge in [-0.15, -0.1) is 0 Å². The number of carbonyl (C=O) groups is 1. The van der Waals surface area contributed by atoms with Crippen LogP contribution in [0, 0.1) is 0 Å². The first kappa shape index (κ1) is 24.6. The van der Waals surface area contributed by atoms with Crippen LogP contribution in [0.15, 0.2) is 46.4 Å². The van der Waals surface area contributed by atoms with E-state index >= 15 is 0 Å². The molecule has 2 aliphatic rings. The van der Waals surface area contributed by atoms with E-state index < -0.39 is 15.7 Å². The molecule has 0 bridgehead atoms. The zero-order valence-corrected chi connectivity index (χ0v) is 21.3. The summed E-state index contributed by atoms with van der Waals surface area (Å²) in [5, 5.41) is 7.00. The van der Waals surface area contributed by atoms with Crippen molar-refractivity contribution in [1.82, 2.24) is 9.97 Å². The van der Waals surface area contributed by atoms with Gasteiger partial charge in [0, 0.05) is 18.6 Å². The van der Waals surface area contributed by atoms with Crippen molar-refractivity contribution in [2.75, 3.05) is 17.7 Å². The minimum absolute atomic E-state index is 0.0250. The lowest BCUT2D eigenvalue weighted by Gasteiger charge is -2.12. The van der Waals surface area contributed by atoms with Gasteiger partial charge < -0.3 is 15.3 Å². The SMILES string of the molecule is CCO[C@@H]1CC[C@@H](O/N=C(/C(=O)Nc2nc3ccc(N)nc3s2)c2ccc(S(=O)(=O)C3CC3)cc2)C1. The summed E-state index contributed by atoms with van der Waals surface area (Å²) in [5.41, 5.74) is 6.82. The van der Waals surface area contributed by atoms with E-state index in [0.717, 1.165) is 12.8 Å². The number of nitrogen functional groups attached to an aromatic ring is 1. The number of fused-ring (bicyclic) bond motifs is 1. The Morgan fingerprint density at radius 2 is 1.86 bits per heavy atom. The molecule has 3 aromatic rings. The summed E-state index contributed by atoms with van der Waals surface area (Å²) in [6.07, 6.45) is 3.63. The summed E-state index contributed by atoms with van der Waals surface area (Å²) in [6.45, 7) is 2.58. The first-order valence-corrected chi connectivity index (χ1v) is 14.2. The number of pyridine rings is 1. The number of aromatic nitrogens is 2. The number of carbonyl (C=O) groups excluding carboxylic acids is 1. The molecule has 2 heterocycles. The molecule has 0 aliphatic heterocycles. The molecule has 2 saturated carbocycles. The molecule has 0 spiro atoms. The number of rotatable bonds is 9. The van der Waals surface area contributed by atoms with E-state index in [2.05, 4.69) is 20.4 Å². The number of thiazole rings is 1. The predicted octanol–water partition coefficient (Wildman–Crippen LogP) is 3.53. The van der Waals surface area contributed by atoms with Gasteiger partial charge in [-0.3, -0.25) is 10.1 Å². The average Bonchev–Trinajstić information content (AvgIpc) is 3.52. The van der Waals surface area contributed by atoms with E-state index in [0.29, 0.717) is 52.7 Å². The van der Waals surface area contributed by atoms with Crippen LogP contribution < -0.4 is 11.1 Å². The van der Waals surface area contributed by atoms with Crippen LogP contribution in [0.2, 0.25) is 0 Å². The Kier molecular flexibility index (Phi) is 6.91. The molecule has 2 aliphatic carbocycles. The molecule has 2 fully saturated rings. The Morgan fingerprint density at radius 3 is 2.58 bits per heavy atom. The number of hydrogen-bond donors (Lipinski definition) is 2. The van der Waals surface area contributed by atoms with E-state index in [1.165, 1.54) is 23.5 Å². The Bertz CT molecular complexity index is 1400. The molecule has 36 heavy (non-hydrogen) atoms. The minimum Gasteiger partial charge on any atom is -0.392 e. The van der Waals surface area contributed by atoms with Gasteiger partial charge in [-0.1, -0.05) is 28.6 Å². The van der Waals surface area contributed by atoms with Crippen LogP contribution in [0.1, 0.15) is 44.6 Å². The molecule has 190 valence electrons. The maximum atomic E-state index is 13.3. The lowest BCUT2D eigenvalue weighted by Crippen LogP contribution is -2.25. The van der Waals surface area contributed by atoms with Gasteiger partial charge in [0.05, 0.1) is 16.2 Å². The van der Waals surface area contributed by atoms with E-state index in [1.54, 1.807) is 24.3 Å². The lowest BCUT2D eigenvalue weighted by atomic mass is 10.1. The van der Waals surface area contributed by atoms with Crippen molar-refractivity contribution in [1.29, 1.82) is 0 Å². The number of nitrogens with two attached hydrogens (primary N) is 1. The van der Waals surface area contributed by atoms with E-state index in [4.69, 9.17) is 15.3 Å². The fourth-order valence-corrected chi connectivity index (χ4v) is 6.65. The van der Waals surface area contributed by atoms with Gasteiger partial charge in [-0.05, 0) is 56.9 Å². The number of nitrogens with zero attached hydrogens (tertiary/aromatic N) is 3. The molecule has 2 atom stereocenters. The first-order chi connectivity index (χ1) is 17.3. The molecular formula is C24H27N5O5S2. The highest BCUT2D eigenvalue weighted by atomic mass is 32.2. The van der Waals surface area contributed by atoms with Gasteiger partial charge in [-0.2, -0.15) is 0 Å². The van der Waals surface area contributed by atoms with Crippen molar-refractivity contribution in [3.63, 3.8) is 0 Å². The molecule has 0 unspecified atom stereocenters. The van der Waals surface area contributed by atoms with Gasteiger partial charge >= 0.3 is 0 Å². The second-order valence-electron chi connectivity index (χ2n) is 8.86. The number of sulfone groups is 1. The van der Waals surface area contributed by atoms with Gasteiger partial charge in [0.15, 0.2) is 20.7 Å². The third kappa shape index (κ3) is 5.35. The van der Waals surface area contributed by atoms with Crippen molar-refractivity contribution >= 4 is 54.1 Å². The normalized spacial score (nSPS) is 20.5. The number of hydrogen-bond acceptors (Lipinski definition) is 10. The van der Waals surface area contributed by atoms with Gasteiger partial charge in [0.25, 0.3) is 5.91 Å². The van der Waals surface area contributed by atoms with Crippen LogP contribution in [0.4, 0.5) is 10.9 Å². The summed E-state index contributed by atoms with van der Waals surface area (Å²) in [6, 6.07) is 9.55. The predicted molar refractivity (Wildman–Crippen MR) is 138 cm³/mol. The third-order valence-electron chi connectivity index (χ3n) is 6.16. The van der Waals surface area contributed by atoms with Crippen LogP contribution in [0.5, 0.6) is 0 Å². The van der Waals surface area contributed by atoms with Crippen molar-refractivity contribution in [2.45, 2.75) is 61.4 Å². The average molecular weight is 530 g/mol. The molecule has 2 aromatic heterocycles. The Balaban J connectivity index is 1.39. The first-order valence-electron chi connectivity index (χ1n) is 11.9. The second kappa shape index (κ2) is 10.1. The number of nitrogens with one attached hydrogen (secondary N) is 1. The van der Waals surface area contributed by atoms with Crippen LogP contribution in [0.25, 0.3) is 10.3 Å². The maximum absolute atomic E-state index is 13.3. The van der Waals surface area contributed by atoms with Gasteiger partial charge in [0.2, 0.25) is 0 Å². The summed E-state index contributed by atoms with van der Waals surface area (Å²) < 4.78 is 30.8. The smallest absolute Gasteiger partial charge is 0.280 e. The zero-order valence-electron chi connectivity index (χ0n) is 19.7. The summed E-state index contributed by atoms with van der Waals surface area (Å²) in [5.74, 6) is -0.165. The Hall–Kier alpha value is -3.09. The van der Waals surface area contributed by atoms with Crippen LogP contribution in [0.3, 0.4) is 0 Å². The van der Waals surface area contributed by atoms with Crippen molar-refractivity contribution in [3.8, 4) is 0 Å². The van der Waals surface area contributed by atoms with Crippen LogP contribution >= 0.6 is 11.3 Å². The van der Waals surface area contributed by atoms with Gasteiger partial charge in [-0.25, -0.2) is 18.4 Å². The van der Waals surface area contributed by atoms with Crippen LogP contribution in [-0.2, 0) is 24.2 Å². The molecular weight excluding hydrogens is 502 g/mol. The number of amides is 1. The summed E-state index contributed by atoms with van der Waals surface area (Å²) >= 11 is 1.19.